The summed E-state index contributed by atoms with van der Waals surface area (Å²) in [6.07, 6.45) is 5.55. The summed E-state index contributed by atoms with van der Waals surface area (Å²) in [5.74, 6) is 0.817. The molecule has 0 saturated carbocycles. The predicted octanol–water partition coefficient (Wildman–Crippen LogP) is 1.63. The third-order valence-electron chi connectivity index (χ3n) is 4.56. The maximum absolute atomic E-state index is 5.69. The molecule has 1 fully saturated rings. The number of benzene rings is 1. The molecule has 2 aromatic heterocycles. The van der Waals surface area contributed by atoms with Gasteiger partial charge < -0.3 is 9.30 Å². The smallest absolute Gasteiger partial charge is 0.170 e. The minimum absolute atomic E-state index is 0.0701. The maximum Gasteiger partial charge on any atom is 0.170 e. The molecule has 7 heteroatoms. The lowest BCUT2D eigenvalue weighted by Crippen LogP contribution is -2.40. The molecule has 1 aliphatic rings. The van der Waals surface area contributed by atoms with Crippen LogP contribution < -0.4 is 0 Å². The topological polar surface area (TPSA) is 61.0 Å². The summed E-state index contributed by atoms with van der Waals surface area (Å²) in [6.45, 7) is 3.76. The number of imidazole rings is 1. The van der Waals surface area contributed by atoms with Crippen LogP contribution in [0.4, 0.5) is 0 Å². The van der Waals surface area contributed by atoms with Crippen molar-refractivity contribution in [2.75, 3.05) is 19.8 Å². The zero-order valence-electron chi connectivity index (χ0n) is 14.3. The number of hydrogen-bond donors (Lipinski definition) is 0. The highest BCUT2D eigenvalue weighted by molar-refractivity contribution is 5.14. The van der Waals surface area contributed by atoms with Gasteiger partial charge in [0.15, 0.2) is 5.82 Å². The summed E-state index contributed by atoms with van der Waals surface area (Å²) in [7, 11) is 2.02. The number of rotatable bonds is 5. The van der Waals surface area contributed by atoms with Gasteiger partial charge in [-0.1, -0.05) is 30.3 Å². The van der Waals surface area contributed by atoms with Crippen LogP contribution in [-0.4, -0.2) is 49.0 Å². The Morgan fingerprint density at radius 2 is 2.04 bits per heavy atom. The molecule has 25 heavy (non-hydrogen) atoms. The standard InChI is InChI=1S/C18H22N6O/c1-22-13-19-9-16(22)11-23-7-8-25-12-17(23)18-20-14-24(21-18)10-15-5-3-2-4-6-15/h2-6,9,13-14,17H,7-8,10-12H2,1H3/t17-/m1/s1. The molecule has 0 N–H and O–H groups in total. The van der Waals surface area contributed by atoms with Gasteiger partial charge in [0.05, 0.1) is 37.8 Å². The molecule has 3 heterocycles. The second kappa shape index (κ2) is 7.16. The Balaban J connectivity index is 1.50. The molecule has 1 saturated heterocycles. The molecule has 3 aromatic rings. The minimum Gasteiger partial charge on any atom is -0.378 e. The van der Waals surface area contributed by atoms with Crippen molar-refractivity contribution in [1.82, 2.24) is 29.2 Å². The van der Waals surface area contributed by atoms with E-state index in [1.807, 2.05) is 47.0 Å². The van der Waals surface area contributed by atoms with Crippen molar-refractivity contribution < 1.29 is 4.74 Å². The van der Waals surface area contributed by atoms with E-state index in [4.69, 9.17) is 9.84 Å². The van der Waals surface area contributed by atoms with Crippen molar-refractivity contribution in [2.45, 2.75) is 19.1 Å². The first-order valence-corrected chi connectivity index (χ1v) is 8.50. The molecule has 7 nitrogen and oxygen atoms in total. The second-order valence-corrected chi connectivity index (χ2v) is 6.34. The van der Waals surface area contributed by atoms with Gasteiger partial charge in [-0.3, -0.25) is 4.90 Å². The monoisotopic (exact) mass is 338 g/mol. The van der Waals surface area contributed by atoms with Crippen LogP contribution in [0.2, 0.25) is 0 Å². The summed E-state index contributed by atoms with van der Waals surface area (Å²) in [5.41, 5.74) is 2.39. The third kappa shape index (κ3) is 3.62. The van der Waals surface area contributed by atoms with Gasteiger partial charge in [-0.15, -0.1) is 0 Å². The van der Waals surface area contributed by atoms with Crippen molar-refractivity contribution in [3.8, 4) is 0 Å². The Morgan fingerprint density at radius 3 is 2.84 bits per heavy atom. The van der Waals surface area contributed by atoms with Crippen molar-refractivity contribution in [2.24, 2.45) is 7.05 Å². The van der Waals surface area contributed by atoms with E-state index in [2.05, 4.69) is 27.0 Å². The molecule has 0 aliphatic carbocycles. The van der Waals surface area contributed by atoms with Gasteiger partial charge in [-0.05, 0) is 5.56 Å². The first-order chi connectivity index (χ1) is 12.3. The van der Waals surface area contributed by atoms with E-state index in [1.165, 1.54) is 11.3 Å². The Labute approximate surface area is 146 Å². The molecule has 0 radical (unpaired) electrons. The number of nitrogens with zero attached hydrogens (tertiary/aromatic N) is 6. The molecule has 1 aromatic carbocycles. The number of morpholine rings is 1. The molecule has 4 rings (SSSR count). The van der Waals surface area contributed by atoms with Crippen LogP contribution in [0.25, 0.3) is 0 Å². The van der Waals surface area contributed by atoms with Gasteiger partial charge in [-0.25, -0.2) is 14.6 Å². The summed E-state index contributed by atoms with van der Waals surface area (Å²) in [4.78, 5) is 11.1. The summed E-state index contributed by atoms with van der Waals surface area (Å²) in [5, 5.41) is 4.69. The van der Waals surface area contributed by atoms with Crippen LogP contribution in [0, 0.1) is 0 Å². The zero-order chi connectivity index (χ0) is 17.1. The molecule has 130 valence electrons. The van der Waals surface area contributed by atoms with Crippen LogP contribution in [0.15, 0.2) is 49.2 Å². The molecule has 0 unspecified atom stereocenters. The molecular weight excluding hydrogens is 316 g/mol. The highest BCUT2D eigenvalue weighted by atomic mass is 16.5. The Bertz CT molecular complexity index is 812. The number of ether oxygens (including phenoxy) is 1. The average Bonchev–Trinajstić information content (AvgIpc) is 3.26. The summed E-state index contributed by atoms with van der Waals surface area (Å²) < 4.78 is 9.63. The fourth-order valence-corrected chi connectivity index (χ4v) is 3.12. The van der Waals surface area contributed by atoms with Gasteiger partial charge in [0.2, 0.25) is 0 Å². The average molecular weight is 338 g/mol. The van der Waals surface area contributed by atoms with Crippen molar-refractivity contribution in [3.05, 3.63) is 66.3 Å². The SMILES string of the molecule is Cn1cncc1CN1CCOC[C@@H]1c1ncn(Cc2ccccc2)n1. The lowest BCUT2D eigenvalue weighted by molar-refractivity contribution is -0.0168. The van der Waals surface area contributed by atoms with E-state index < -0.39 is 0 Å². The second-order valence-electron chi connectivity index (χ2n) is 6.34. The Kier molecular flexibility index (Phi) is 4.58. The predicted molar refractivity (Wildman–Crippen MR) is 92.7 cm³/mol. The van der Waals surface area contributed by atoms with E-state index in [9.17, 15) is 0 Å². The zero-order valence-corrected chi connectivity index (χ0v) is 14.3. The van der Waals surface area contributed by atoms with Crippen LogP contribution in [0.1, 0.15) is 23.1 Å². The number of aryl methyl sites for hydroxylation is 1. The summed E-state index contributed by atoms with van der Waals surface area (Å²) in [6, 6.07) is 10.4. The number of hydrogen-bond acceptors (Lipinski definition) is 5. The Morgan fingerprint density at radius 1 is 1.16 bits per heavy atom. The van der Waals surface area contributed by atoms with Gasteiger partial charge in [0, 0.05) is 26.3 Å². The van der Waals surface area contributed by atoms with Gasteiger partial charge >= 0.3 is 0 Å². The van der Waals surface area contributed by atoms with E-state index in [1.54, 1.807) is 6.33 Å². The Hall–Kier alpha value is -2.51. The maximum atomic E-state index is 5.69. The van der Waals surface area contributed by atoms with E-state index in [-0.39, 0.29) is 6.04 Å². The molecular formula is C18H22N6O. The fourth-order valence-electron chi connectivity index (χ4n) is 3.12. The van der Waals surface area contributed by atoms with Gasteiger partial charge in [0.1, 0.15) is 6.33 Å². The molecule has 1 aliphatic heterocycles. The molecule has 1 atom stereocenters. The lowest BCUT2D eigenvalue weighted by atomic mass is 10.2. The van der Waals surface area contributed by atoms with Crippen LogP contribution in [0.5, 0.6) is 0 Å². The first-order valence-electron chi connectivity index (χ1n) is 8.50. The first kappa shape index (κ1) is 16.0. The number of aromatic nitrogens is 5. The normalized spacial score (nSPS) is 18.5. The van der Waals surface area contributed by atoms with Crippen molar-refractivity contribution in [3.63, 3.8) is 0 Å². The molecule has 0 bridgehead atoms. The van der Waals surface area contributed by atoms with E-state index in [0.717, 1.165) is 32.1 Å². The van der Waals surface area contributed by atoms with Gasteiger partial charge in [-0.2, -0.15) is 5.10 Å². The van der Waals surface area contributed by atoms with Crippen LogP contribution >= 0.6 is 0 Å². The summed E-state index contributed by atoms with van der Waals surface area (Å²) >= 11 is 0. The van der Waals surface area contributed by atoms with Crippen LogP contribution in [0.3, 0.4) is 0 Å². The largest absolute Gasteiger partial charge is 0.378 e. The van der Waals surface area contributed by atoms with E-state index >= 15 is 0 Å². The highest BCUT2D eigenvalue weighted by Gasteiger charge is 2.28. The third-order valence-corrected chi connectivity index (χ3v) is 4.56. The highest BCUT2D eigenvalue weighted by Crippen LogP contribution is 2.23. The van der Waals surface area contributed by atoms with Crippen LogP contribution in [-0.2, 0) is 24.9 Å². The van der Waals surface area contributed by atoms with E-state index in [0.29, 0.717) is 6.61 Å². The lowest BCUT2D eigenvalue weighted by Gasteiger charge is -2.33. The minimum atomic E-state index is 0.0701. The van der Waals surface area contributed by atoms with Crippen molar-refractivity contribution >= 4 is 0 Å². The van der Waals surface area contributed by atoms with Crippen molar-refractivity contribution in [1.29, 1.82) is 0 Å². The molecule has 0 spiro atoms. The quantitative estimate of drug-likeness (QED) is 0.708. The van der Waals surface area contributed by atoms with Gasteiger partial charge in [0.25, 0.3) is 0 Å². The molecule has 0 amide bonds. The fraction of sp³-hybridized carbons (Fsp3) is 0.389.